The maximum atomic E-state index is 12.7. The molecule has 7 N–H and O–H groups in total. The van der Waals surface area contributed by atoms with Gasteiger partial charge in [-0.1, -0.05) is 71.5 Å². The number of benzene rings is 1. The SMILES string of the molecule is C.CC(C)[C@H](CN1CCC(C2=CCC(Cl)C=C2)C(C)(C)C1)NCN1Cc2ccccc2C1=O.O.O.O. The van der Waals surface area contributed by atoms with Crippen LogP contribution in [0.4, 0.5) is 0 Å². The predicted octanol–water partition coefficient (Wildman–Crippen LogP) is 3.22. The van der Waals surface area contributed by atoms with E-state index >= 15 is 0 Å². The van der Waals surface area contributed by atoms with Crippen LogP contribution in [0.1, 0.15) is 63.9 Å². The number of piperidine rings is 1. The molecule has 2 heterocycles. The summed E-state index contributed by atoms with van der Waals surface area (Å²) in [6.07, 6.45) is 8.88. The highest BCUT2D eigenvalue weighted by Gasteiger charge is 2.38. The molecule has 7 nitrogen and oxygen atoms in total. The maximum absolute atomic E-state index is 12.7. The van der Waals surface area contributed by atoms with Crippen LogP contribution in [0.3, 0.4) is 0 Å². The van der Waals surface area contributed by atoms with E-state index in [1.807, 2.05) is 23.1 Å². The Hall–Kier alpha value is -1.74. The van der Waals surface area contributed by atoms with Gasteiger partial charge >= 0.3 is 0 Å². The summed E-state index contributed by atoms with van der Waals surface area (Å²) < 4.78 is 0. The van der Waals surface area contributed by atoms with Crippen molar-refractivity contribution in [3.05, 3.63) is 59.2 Å². The van der Waals surface area contributed by atoms with Gasteiger partial charge in [-0.2, -0.15) is 0 Å². The molecule has 1 aromatic rings. The van der Waals surface area contributed by atoms with Crippen molar-refractivity contribution >= 4 is 17.5 Å². The number of hydrogen-bond donors (Lipinski definition) is 1. The molecule has 2 unspecified atom stereocenters. The van der Waals surface area contributed by atoms with Crippen molar-refractivity contribution in [3.8, 4) is 0 Å². The largest absolute Gasteiger partial charge is 0.412 e. The topological polar surface area (TPSA) is 130 Å². The first kappa shape index (κ1) is 34.3. The van der Waals surface area contributed by atoms with Crippen molar-refractivity contribution in [1.29, 1.82) is 0 Å². The molecular weight excluding hydrogens is 478 g/mol. The van der Waals surface area contributed by atoms with E-state index in [9.17, 15) is 4.79 Å². The van der Waals surface area contributed by atoms with E-state index < -0.39 is 0 Å². The normalized spacial score (nSPS) is 23.4. The lowest BCUT2D eigenvalue weighted by atomic mass is 9.69. The molecule has 1 aromatic carbocycles. The molecule has 0 aromatic heterocycles. The van der Waals surface area contributed by atoms with E-state index in [0.717, 1.165) is 37.2 Å². The first-order valence-electron chi connectivity index (χ1n) is 12.1. The van der Waals surface area contributed by atoms with Gasteiger partial charge < -0.3 is 26.2 Å². The lowest BCUT2D eigenvalue weighted by Gasteiger charge is -2.46. The van der Waals surface area contributed by atoms with Crippen LogP contribution in [-0.4, -0.2) is 69.9 Å². The predicted molar refractivity (Wildman–Crippen MR) is 150 cm³/mol. The minimum absolute atomic E-state index is 0. The molecule has 0 bridgehead atoms. The third-order valence-corrected chi connectivity index (χ3v) is 7.81. The van der Waals surface area contributed by atoms with Gasteiger partial charge in [0.15, 0.2) is 0 Å². The first-order chi connectivity index (χ1) is 15.2. The molecule has 0 saturated carbocycles. The summed E-state index contributed by atoms with van der Waals surface area (Å²) in [5.74, 6) is 1.23. The lowest BCUT2D eigenvalue weighted by molar-refractivity contribution is 0.0586. The summed E-state index contributed by atoms with van der Waals surface area (Å²) in [6.45, 7) is 13.9. The van der Waals surface area contributed by atoms with Crippen LogP contribution in [0.15, 0.2) is 48.1 Å². The third kappa shape index (κ3) is 7.63. The third-order valence-electron chi connectivity index (χ3n) is 7.49. The average molecular weight is 526 g/mol. The minimum Gasteiger partial charge on any atom is -0.412 e. The maximum Gasteiger partial charge on any atom is 0.255 e. The van der Waals surface area contributed by atoms with Gasteiger partial charge in [0.1, 0.15) is 0 Å². The van der Waals surface area contributed by atoms with Crippen LogP contribution in [-0.2, 0) is 6.54 Å². The van der Waals surface area contributed by atoms with Crippen LogP contribution in [0.2, 0.25) is 0 Å². The zero-order valence-electron chi connectivity index (χ0n) is 21.5. The monoisotopic (exact) mass is 525 g/mol. The van der Waals surface area contributed by atoms with E-state index in [1.165, 1.54) is 12.0 Å². The lowest BCUT2D eigenvalue weighted by Crippen LogP contribution is -2.53. The van der Waals surface area contributed by atoms with E-state index in [0.29, 0.717) is 31.1 Å². The van der Waals surface area contributed by atoms with Crippen LogP contribution in [0, 0.1) is 17.3 Å². The summed E-state index contributed by atoms with van der Waals surface area (Å²) in [4.78, 5) is 17.3. The zero-order valence-corrected chi connectivity index (χ0v) is 22.2. The summed E-state index contributed by atoms with van der Waals surface area (Å²) in [7, 11) is 0. The summed E-state index contributed by atoms with van der Waals surface area (Å²) in [5, 5.41) is 3.85. The van der Waals surface area contributed by atoms with Crippen LogP contribution in [0.5, 0.6) is 0 Å². The number of allylic oxidation sites excluding steroid dienone is 4. The van der Waals surface area contributed by atoms with Gasteiger partial charge in [0, 0.05) is 31.2 Å². The first-order valence-corrected chi connectivity index (χ1v) is 12.5. The second kappa shape index (κ2) is 14.3. The van der Waals surface area contributed by atoms with Gasteiger partial charge in [-0.25, -0.2) is 0 Å². The van der Waals surface area contributed by atoms with E-state index in [4.69, 9.17) is 11.6 Å². The van der Waals surface area contributed by atoms with Gasteiger partial charge in [-0.3, -0.25) is 10.1 Å². The Labute approximate surface area is 222 Å². The van der Waals surface area contributed by atoms with Gasteiger partial charge in [-0.15, -0.1) is 11.6 Å². The van der Waals surface area contributed by atoms with E-state index in [1.54, 1.807) is 0 Å². The van der Waals surface area contributed by atoms with Crippen LogP contribution in [0.25, 0.3) is 0 Å². The highest BCUT2D eigenvalue weighted by Crippen LogP contribution is 2.41. The van der Waals surface area contributed by atoms with Gasteiger partial charge in [0.2, 0.25) is 0 Å². The van der Waals surface area contributed by atoms with Crippen LogP contribution >= 0.6 is 11.6 Å². The molecule has 2 aliphatic heterocycles. The molecule has 4 rings (SSSR count). The minimum atomic E-state index is 0. The van der Waals surface area contributed by atoms with Crippen molar-refractivity contribution in [1.82, 2.24) is 15.1 Å². The number of amides is 1. The number of rotatable bonds is 7. The van der Waals surface area contributed by atoms with E-state index in [2.05, 4.69) is 62.2 Å². The standard InChI is InChI=1S/C27H38ClN3O.CH4.3H2O/c1-19(2)25(29-18-31-15-21-7-5-6-8-23(21)26(31)32)16-30-14-13-24(27(3,4)17-30)20-9-11-22(28)12-10-20;;;;/h5-11,19,22,24-25,29H,12-18H2,1-4H3;1H4;3*1H2/t22?,24?,25-;;;;/m0..../s1. The number of carbonyl (C=O) groups excluding carboxylic acids is 1. The highest BCUT2D eigenvalue weighted by molar-refractivity contribution is 6.22. The fourth-order valence-electron chi connectivity index (χ4n) is 5.57. The summed E-state index contributed by atoms with van der Waals surface area (Å²) in [5.41, 5.74) is 3.68. The smallest absolute Gasteiger partial charge is 0.255 e. The number of halogens is 1. The Morgan fingerprint density at radius 1 is 1.17 bits per heavy atom. The fraction of sp³-hybridized carbons (Fsp3) is 0.607. The van der Waals surface area contributed by atoms with Crippen molar-refractivity contribution in [3.63, 3.8) is 0 Å². The molecule has 3 aliphatic rings. The molecule has 206 valence electrons. The van der Waals surface area contributed by atoms with Gasteiger partial charge in [0.25, 0.3) is 5.91 Å². The van der Waals surface area contributed by atoms with Gasteiger partial charge in [0.05, 0.1) is 12.0 Å². The molecule has 36 heavy (non-hydrogen) atoms. The molecule has 0 radical (unpaired) electrons. The number of likely N-dealkylation sites (tertiary alicyclic amines) is 1. The number of fused-ring (bicyclic) bond motifs is 1. The molecular formula is C28H48ClN3O4. The summed E-state index contributed by atoms with van der Waals surface area (Å²) in [6, 6.07) is 8.31. The zero-order chi connectivity index (χ0) is 22.9. The molecule has 3 atom stereocenters. The molecule has 1 saturated heterocycles. The Morgan fingerprint density at radius 3 is 2.44 bits per heavy atom. The van der Waals surface area contributed by atoms with Crippen molar-refractivity contribution in [2.75, 3.05) is 26.3 Å². The molecule has 1 amide bonds. The second-order valence-corrected chi connectivity index (χ2v) is 11.3. The Bertz CT molecular complexity index is 903. The highest BCUT2D eigenvalue weighted by atomic mass is 35.5. The van der Waals surface area contributed by atoms with E-state index in [-0.39, 0.29) is 40.6 Å². The number of nitrogens with one attached hydrogen (secondary N) is 1. The molecule has 8 heteroatoms. The van der Waals surface area contributed by atoms with Crippen molar-refractivity contribution in [2.24, 2.45) is 17.3 Å². The number of hydrogen-bond acceptors (Lipinski definition) is 3. The molecule has 1 fully saturated rings. The Kier molecular flexibility index (Phi) is 13.6. The van der Waals surface area contributed by atoms with Crippen molar-refractivity contribution < 1.29 is 21.2 Å². The quantitative estimate of drug-likeness (QED) is 0.548. The number of carbonyl (C=O) groups is 1. The number of alkyl halides is 1. The molecule has 0 spiro atoms. The Balaban J connectivity index is 0.00000306. The van der Waals surface area contributed by atoms with Gasteiger partial charge in [-0.05, 0) is 53.8 Å². The van der Waals surface area contributed by atoms with Crippen molar-refractivity contribution in [2.45, 2.75) is 65.9 Å². The molecule has 1 aliphatic carbocycles. The van der Waals surface area contributed by atoms with Crippen LogP contribution < -0.4 is 5.32 Å². The Morgan fingerprint density at radius 2 is 1.86 bits per heavy atom. The number of nitrogens with zero attached hydrogens (tertiary/aromatic N) is 2. The average Bonchev–Trinajstić information content (AvgIpc) is 3.07. The summed E-state index contributed by atoms with van der Waals surface area (Å²) >= 11 is 6.24. The second-order valence-electron chi connectivity index (χ2n) is 10.8. The fourth-order valence-corrected chi connectivity index (χ4v) is 5.73.